The average Bonchev–Trinajstić information content (AvgIpc) is 2.75. The number of carbonyl (C=O) groups excluding carboxylic acids is 2. The maximum atomic E-state index is 12.6. The summed E-state index contributed by atoms with van der Waals surface area (Å²) in [7, 11) is 1.49. The third-order valence-corrected chi connectivity index (χ3v) is 5.57. The maximum absolute atomic E-state index is 12.6. The molecule has 2 amide bonds. The fraction of sp³-hybridized carbons (Fsp3) is 0.0870. The Bertz CT molecular complexity index is 1140. The number of ether oxygens (including phenoxy) is 1. The Balaban J connectivity index is 1.57. The van der Waals surface area contributed by atoms with E-state index in [1.54, 1.807) is 36.4 Å². The molecule has 164 valence electrons. The van der Waals surface area contributed by atoms with Crippen LogP contribution >= 0.6 is 44.1 Å². The Kier molecular flexibility index (Phi) is 8.38. The lowest BCUT2D eigenvalue weighted by molar-refractivity contribution is -0.115. The molecule has 0 bridgehead atoms. The lowest BCUT2D eigenvalue weighted by Crippen LogP contribution is -2.34. The Labute approximate surface area is 208 Å². The Morgan fingerprint density at radius 2 is 1.56 bits per heavy atom. The zero-order chi connectivity index (χ0) is 23.1. The first-order valence-corrected chi connectivity index (χ1v) is 11.4. The van der Waals surface area contributed by atoms with Gasteiger partial charge in [0.2, 0.25) is 5.91 Å². The number of hydrogen-bond donors (Lipinski definition) is 3. The van der Waals surface area contributed by atoms with E-state index in [4.69, 9.17) is 17.0 Å². The molecule has 9 heteroatoms. The topological polar surface area (TPSA) is 79.5 Å². The summed E-state index contributed by atoms with van der Waals surface area (Å²) in [6.45, 7) is 0. The van der Waals surface area contributed by atoms with Crippen LogP contribution < -0.4 is 20.7 Å². The number of thiocarbonyl (C=S) groups is 1. The smallest absolute Gasteiger partial charge is 0.261 e. The highest BCUT2D eigenvalue weighted by Crippen LogP contribution is 2.32. The van der Waals surface area contributed by atoms with Gasteiger partial charge in [-0.25, -0.2) is 0 Å². The Morgan fingerprint density at radius 1 is 0.938 bits per heavy atom. The highest BCUT2D eigenvalue weighted by Gasteiger charge is 2.17. The van der Waals surface area contributed by atoms with E-state index in [0.29, 0.717) is 33.6 Å². The van der Waals surface area contributed by atoms with Crippen molar-refractivity contribution in [2.75, 3.05) is 17.7 Å². The first kappa shape index (κ1) is 23.9. The second-order valence-corrected chi connectivity index (χ2v) is 8.84. The molecule has 6 nitrogen and oxygen atoms in total. The molecule has 3 N–H and O–H groups in total. The second kappa shape index (κ2) is 11.2. The number of methoxy groups -OCH3 is 1. The second-order valence-electron chi connectivity index (χ2n) is 6.66. The van der Waals surface area contributed by atoms with Crippen molar-refractivity contribution in [3.05, 3.63) is 86.8 Å². The van der Waals surface area contributed by atoms with Gasteiger partial charge in [0.1, 0.15) is 5.75 Å². The summed E-state index contributed by atoms with van der Waals surface area (Å²) >= 11 is 12.0. The maximum Gasteiger partial charge on any atom is 0.261 e. The minimum Gasteiger partial charge on any atom is -0.495 e. The van der Waals surface area contributed by atoms with E-state index in [1.165, 1.54) is 7.11 Å². The lowest BCUT2D eigenvalue weighted by Gasteiger charge is -2.13. The zero-order valence-electron chi connectivity index (χ0n) is 16.9. The zero-order valence-corrected chi connectivity index (χ0v) is 20.9. The number of benzene rings is 3. The lowest BCUT2D eigenvalue weighted by atomic mass is 10.1. The highest BCUT2D eigenvalue weighted by molar-refractivity contribution is 9.11. The summed E-state index contributed by atoms with van der Waals surface area (Å²) in [5.74, 6) is -0.107. The van der Waals surface area contributed by atoms with Gasteiger partial charge in [-0.1, -0.05) is 46.3 Å². The van der Waals surface area contributed by atoms with Gasteiger partial charge >= 0.3 is 0 Å². The molecule has 3 aromatic carbocycles. The number of amides is 2. The van der Waals surface area contributed by atoms with Crippen molar-refractivity contribution in [3.63, 3.8) is 0 Å². The molecule has 3 rings (SSSR count). The third-order valence-electron chi connectivity index (χ3n) is 4.32. The third kappa shape index (κ3) is 6.62. The van der Waals surface area contributed by atoms with Crippen LogP contribution in [-0.4, -0.2) is 24.0 Å². The quantitative estimate of drug-likeness (QED) is 0.336. The summed E-state index contributed by atoms with van der Waals surface area (Å²) in [5.41, 5.74) is 2.60. The summed E-state index contributed by atoms with van der Waals surface area (Å²) in [6.07, 6.45) is 0.298. The van der Waals surface area contributed by atoms with Gasteiger partial charge in [-0.3, -0.25) is 14.9 Å². The van der Waals surface area contributed by atoms with Gasteiger partial charge in [0.05, 0.1) is 23.6 Å². The van der Waals surface area contributed by atoms with Crippen molar-refractivity contribution in [2.45, 2.75) is 6.42 Å². The molecular weight excluding hydrogens is 558 g/mol. The van der Waals surface area contributed by atoms with Crippen LogP contribution in [0.5, 0.6) is 5.75 Å². The van der Waals surface area contributed by atoms with Crippen LogP contribution in [0, 0.1) is 0 Å². The Hall–Kier alpha value is -2.75. The van der Waals surface area contributed by atoms with E-state index in [0.717, 1.165) is 10.0 Å². The van der Waals surface area contributed by atoms with Gasteiger partial charge in [-0.05, 0) is 70.1 Å². The molecule has 0 saturated carbocycles. The van der Waals surface area contributed by atoms with Crippen molar-refractivity contribution < 1.29 is 14.3 Å². The number of hydrogen-bond acceptors (Lipinski definition) is 4. The number of rotatable bonds is 6. The molecule has 3 aromatic rings. The number of halogens is 2. The van der Waals surface area contributed by atoms with Crippen molar-refractivity contribution in [3.8, 4) is 5.75 Å². The molecule has 0 spiro atoms. The highest BCUT2D eigenvalue weighted by atomic mass is 79.9. The molecule has 0 aromatic heterocycles. The molecule has 0 aliphatic carbocycles. The van der Waals surface area contributed by atoms with Crippen LogP contribution in [0.4, 0.5) is 11.4 Å². The summed E-state index contributed by atoms with van der Waals surface area (Å²) in [4.78, 5) is 24.8. The molecule has 0 unspecified atom stereocenters. The first-order chi connectivity index (χ1) is 15.4. The number of nitrogens with one attached hydrogen (secondary N) is 3. The predicted octanol–water partition coefficient (Wildman–Crippen LogP) is 5.53. The molecule has 0 saturated heterocycles. The van der Waals surface area contributed by atoms with Gasteiger partial charge in [-0.15, -0.1) is 0 Å². The molecule has 0 atom stereocenters. The van der Waals surface area contributed by atoms with E-state index in [-0.39, 0.29) is 11.0 Å². The monoisotopic (exact) mass is 575 g/mol. The predicted molar refractivity (Wildman–Crippen MR) is 137 cm³/mol. The van der Waals surface area contributed by atoms with Crippen LogP contribution in [0.2, 0.25) is 0 Å². The SMILES string of the molecule is COc1c(Br)cc(Br)cc1C(=O)NC(=S)Nc1ccc(NC(=O)Cc2ccccc2)cc1. The Morgan fingerprint density at radius 3 is 2.19 bits per heavy atom. The largest absolute Gasteiger partial charge is 0.495 e. The van der Waals surface area contributed by atoms with Crippen LogP contribution in [0.25, 0.3) is 0 Å². The fourth-order valence-corrected chi connectivity index (χ4v) is 4.49. The van der Waals surface area contributed by atoms with Crippen molar-refractivity contribution in [1.82, 2.24) is 5.32 Å². The van der Waals surface area contributed by atoms with Crippen molar-refractivity contribution in [1.29, 1.82) is 0 Å². The fourth-order valence-electron chi connectivity index (χ4n) is 2.89. The first-order valence-electron chi connectivity index (χ1n) is 9.45. The molecule has 0 aliphatic heterocycles. The van der Waals surface area contributed by atoms with Gasteiger partial charge in [-0.2, -0.15) is 0 Å². The minimum atomic E-state index is -0.411. The van der Waals surface area contributed by atoms with E-state index in [2.05, 4.69) is 47.8 Å². The van der Waals surface area contributed by atoms with Crippen LogP contribution in [0.1, 0.15) is 15.9 Å². The normalized spacial score (nSPS) is 10.2. The van der Waals surface area contributed by atoms with Gasteiger partial charge in [0.15, 0.2) is 5.11 Å². The van der Waals surface area contributed by atoms with E-state index in [1.807, 2.05) is 30.3 Å². The molecule has 0 fully saturated rings. The molecular formula is C23H19Br2N3O3S. The van der Waals surface area contributed by atoms with Crippen molar-refractivity contribution >= 4 is 72.4 Å². The molecule has 0 heterocycles. The van der Waals surface area contributed by atoms with Crippen molar-refractivity contribution in [2.24, 2.45) is 0 Å². The average molecular weight is 577 g/mol. The number of anilines is 2. The van der Waals surface area contributed by atoms with E-state index >= 15 is 0 Å². The molecule has 0 aliphatic rings. The van der Waals surface area contributed by atoms with E-state index in [9.17, 15) is 9.59 Å². The number of carbonyl (C=O) groups is 2. The summed E-state index contributed by atoms with van der Waals surface area (Å²) < 4.78 is 6.67. The molecule has 32 heavy (non-hydrogen) atoms. The van der Waals surface area contributed by atoms with Gasteiger partial charge in [0.25, 0.3) is 5.91 Å². The standard InChI is InChI=1S/C23H19Br2N3O3S/c1-31-21-18(12-15(24)13-19(21)25)22(30)28-23(32)27-17-9-7-16(8-10-17)26-20(29)11-14-5-3-2-4-6-14/h2-10,12-13H,11H2,1H3,(H,26,29)(H2,27,28,30,32). The summed E-state index contributed by atoms with van der Waals surface area (Å²) in [5, 5.41) is 8.58. The molecule has 0 radical (unpaired) electrons. The van der Waals surface area contributed by atoms with E-state index < -0.39 is 5.91 Å². The van der Waals surface area contributed by atoms with Crippen LogP contribution in [0.3, 0.4) is 0 Å². The van der Waals surface area contributed by atoms with Crippen LogP contribution in [-0.2, 0) is 11.2 Å². The van der Waals surface area contributed by atoms with Gasteiger partial charge < -0.3 is 15.4 Å². The summed E-state index contributed by atoms with van der Waals surface area (Å²) in [6, 6.07) is 20.0. The van der Waals surface area contributed by atoms with Gasteiger partial charge in [0, 0.05) is 15.8 Å². The van der Waals surface area contributed by atoms with Crippen LogP contribution in [0.15, 0.2) is 75.7 Å². The minimum absolute atomic E-state index is 0.103.